The molecule has 1 N–H and O–H groups in total. The molecule has 26 heavy (non-hydrogen) atoms. The van der Waals surface area contributed by atoms with Crippen LogP contribution < -0.4 is 10.2 Å². The zero-order chi connectivity index (χ0) is 17.9. The minimum absolute atomic E-state index is 0.0133. The zero-order valence-corrected chi connectivity index (χ0v) is 15.6. The van der Waals surface area contributed by atoms with Crippen LogP contribution in [0.2, 0.25) is 0 Å². The number of fused-ring (bicyclic) bond motifs is 1. The van der Waals surface area contributed by atoms with E-state index in [4.69, 9.17) is 4.98 Å². The molecular formula is C20H22N4OS. The molecule has 1 unspecified atom stereocenters. The van der Waals surface area contributed by atoms with Crippen molar-refractivity contribution in [3.8, 4) is 0 Å². The molecule has 134 valence electrons. The van der Waals surface area contributed by atoms with Gasteiger partial charge in [0.15, 0.2) is 5.13 Å². The Balaban J connectivity index is 1.42. The lowest BCUT2D eigenvalue weighted by molar-refractivity contribution is -0.125. The van der Waals surface area contributed by atoms with Gasteiger partial charge in [-0.05, 0) is 55.2 Å². The summed E-state index contributed by atoms with van der Waals surface area (Å²) in [6.07, 6.45) is 5.45. The summed E-state index contributed by atoms with van der Waals surface area (Å²) in [5.41, 5.74) is 3.36. The van der Waals surface area contributed by atoms with E-state index in [0.717, 1.165) is 42.1 Å². The summed E-state index contributed by atoms with van der Waals surface area (Å²) >= 11 is 1.72. The molecule has 0 saturated carbocycles. The second kappa shape index (κ2) is 7.41. The number of benzene rings is 1. The molecule has 0 spiro atoms. The first-order valence-corrected chi connectivity index (χ1v) is 9.79. The number of carbonyl (C=O) groups excluding carboxylic acids is 1. The molecule has 1 atom stereocenters. The predicted molar refractivity (Wildman–Crippen MR) is 105 cm³/mol. The van der Waals surface area contributed by atoms with Gasteiger partial charge in [-0.15, -0.1) is 0 Å². The van der Waals surface area contributed by atoms with Crippen LogP contribution in [0.25, 0.3) is 10.2 Å². The molecule has 0 radical (unpaired) electrons. The van der Waals surface area contributed by atoms with Crippen molar-refractivity contribution in [1.29, 1.82) is 0 Å². The van der Waals surface area contributed by atoms with Gasteiger partial charge in [0.05, 0.1) is 16.1 Å². The Labute approximate surface area is 157 Å². The molecule has 2 aromatic heterocycles. The number of pyridine rings is 1. The van der Waals surface area contributed by atoms with Gasteiger partial charge in [-0.3, -0.25) is 9.78 Å². The van der Waals surface area contributed by atoms with Gasteiger partial charge in [-0.25, -0.2) is 4.98 Å². The van der Waals surface area contributed by atoms with E-state index < -0.39 is 0 Å². The van der Waals surface area contributed by atoms with Gasteiger partial charge in [0.1, 0.15) is 0 Å². The number of nitrogens with one attached hydrogen (secondary N) is 1. The summed E-state index contributed by atoms with van der Waals surface area (Å²) in [6, 6.07) is 10.2. The summed E-state index contributed by atoms with van der Waals surface area (Å²) in [4.78, 5) is 23.6. The highest BCUT2D eigenvalue weighted by Crippen LogP contribution is 2.32. The van der Waals surface area contributed by atoms with E-state index in [9.17, 15) is 4.79 Å². The Morgan fingerprint density at radius 1 is 1.31 bits per heavy atom. The highest BCUT2D eigenvalue weighted by Gasteiger charge is 2.27. The number of carbonyl (C=O) groups is 1. The number of aromatic nitrogens is 2. The summed E-state index contributed by atoms with van der Waals surface area (Å²) in [7, 11) is 0. The predicted octanol–water partition coefficient (Wildman–Crippen LogP) is 3.53. The van der Waals surface area contributed by atoms with Crippen LogP contribution in [0.15, 0.2) is 42.7 Å². The van der Waals surface area contributed by atoms with Crippen LogP contribution >= 0.6 is 11.3 Å². The summed E-state index contributed by atoms with van der Waals surface area (Å²) in [6.45, 7) is 4.36. The van der Waals surface area contributed by atoms with Gasteiger partial charge >= 0.3 is 0 Å². The second-order valence-corrected chi connectivity index (χ2v) is 7.84. The first-order valence-electron chi connectivity index (χ1n) is 8.98. The van der Waals surface area contributed by atoms with Crippen LogP contribution in [-0.4, -0.2) is 29.0 Å². The Kier molecular flexibility index (Phi) is 4.84. The zero-order valence-electron chi connectivity index (χ0n) is 14.8. The number of rotatable bonds is 4. The normalized spacial score (nSPS) is 17.4. The number of piperidine rings is 1. The molecule has 0 aliphatic carbocycles. The smallest absolute Gasteiger partial charge is 0.225 e. The minimum atomic E-state index is 0.0133. The van der Waals surface area contributed by atoms with E-state index in [1.54, 1.807) is 23.7 Å². The van der Waals surface area contributed by atoms with Gasteiger partial charge < -0.3 is 10.2 Å². The number of nitrogens with zero attached hydrogens (tertiary/aromatic N) is 3. The fraction of sp³-hybridized carbons (Fsp3) is 0.350. The SMILES string of the molecule is Cc1ccc2nc(N3CCCC(C(=O)NCc4ccncc4)C3)sc2c1. The van der Waals surface area contributed by atoms with Crippen LogP contribution in [0.1, 0.15) is 24.0 Å². The number of anilines is 1. The third-order valence-corrected chi connectivity index (χ3v) is 5.89. The van der Waals surface area contributed by atoms with Gasteiger partial charge in [0.25, 0.3) is 0 Å². The van der Waals surface area contributed by atoms with Crippen LogP contribution in [-0.2, 0) is 11.3 Å². The lowest BCUT2D eigenvalue weighted by atomic mass is 9.97. The number of amides is 1. The highest BCUT2D eigenvalue weighted by molar-refractivity contribution is 7.22. The minimum Gasteiger partial charge on any atom is -0.352 e. The van der Waals surface area contributed by atoms with E-state index in [1.807, 2.05) is 12.1 Å². The standard InChI is InChI=1S/C20H22N4OS/c1-14-4-5-17-18(11-14)26-20(23-17)24-10-2-3-16(13-24)19(25)22-12-15-6-8-21-9-7-15/h4-9,11,16H,2-3,10,12-13H2,1H3,(H,22,25). The lowest BCUT2D eigenvalue weighted by Gasteiger charge is -2.31. The average molecular weight is 366 g/mol. The van der Waals surface area contributed by atoms with Gasteiger partial charge in [0.2, 0.25) is 5.91 Å². The fourth-order valence-electron chi connectivity index (χ4n) is 3.35. The summed E-state index contributed by atoms with van der Waals surface area (Å²) in [5, 5.41) is 4.09. The molecule has 5 nitrogen and oxygen atoms in total. The van der Waals surface area contributed by atoms with Crippen molar-refractivity contribution in [3.63, 3.8) is 0 Å². The van der Waals surface area contributed by atoms with Crippen LogP contribution in [0.4, 0.5) is 5.13 Å². The van der Waals surface area contributed by atoms with Crippen molar-refractivity contribution < 1.29 is 4.79 Å². The van der Waals surface area contributed by atoms with E-state index in [1.165, 1.54) is 10.3 Å². The number of hydrogen-bond acceptors (Lipinski definition) is 5. The van der Waals surface area contributed by atoms with Crippen LogP contribution in [0.3, 0.4) is 0 Å². The molecule has 1 saturated heterocycles. The maximum absolute atomic E-state index is 12.6. The number of hydrogen-bond donors (Lipinski definition) is 1. The Morgan fingerprint density at radius 2 is 2.15 bits per heavy atom. The Bertz CT molecular complexity index is 909. The Hall–Kier alpha value is -2.47. The highest BCUT2D eigenvalue weighted by atomic mass is 32.1. The van der Waals surface area contributed by atoms with Crippen molar-refractivity contribution in [3.05, 3.63) is 53.9 Å². The fourth-order valence-corrected chi connectivity index (χ4v) is 4.45. The maximum atomic E-state index is 12.6. The van der Waals surface area contributed by atoms with Crippen molar-refractivity contribution in [2.75, 3.05) is 18.0 Å². The van der Waals surface area contributed by atoms with E-state index in [2.05, 4.69) is 40.3 Å². The van der Waals surface area contributed by atoms with Crippen molar-refractivity contribution in [2.45, 2.75) is 26.3 Å². The van der Waals surface area contributed by atoms with Crippen LogP contribution in [0.5, 0.6) is 0 Å². The second-order valence-electron chi connectivity index (χ2n) is 6.83. The summed E-state index contributed by atoms with van der Waals surface area (Å²) < 4.78 is 1.21. The largest absolute Gasteiger partial charge is 0.352 e. The lowest BCUT2D eigenvalue weighted by Crippen LogP contribution is -2.42. The average Bonchev–Trinajstić information content (AvgIpc) is 3.10. The number of aryl methyl sites for hydroxylation is 1. The quantitative estimate of drug-likeness (QED) is 0.767. The van der Waals surface area contributed by atoms with Crippen molar-refractivity contribution in [2.24, 2.45) is 5.92 Å². The molecule has 0 bridgehead atoms. The first kappa shape index (κ1) is 17.0. The van der Waals surface area contributed by atoms with Crippen molar-refractivity contribution >= 4 is 32.6 Å². The number of thiazole rings is 1. The molecule has 1 amide bonds. The molecular weight excluding hydrogens is 344 g/mol. The van der Waals surface area contributed by atoms with Gasteiger partial charge in [0, 0.05) is 32.0 Å². The monoisotopic (exact) mass is 366 g/mol. The topological polar surface area (TPSA) is 58.1 Å². The summed E-state index contributed by atoms with van der Waals surface area (Å²) in [5.74, 6) is 0.141. The third-order valence-electron chi connectivity index (χ3n) is 4.81. The molecule has 4 rings (SSSR count). The molecule has 1 aromatic carbocycles. The Morgan fingerprint density at radius 3 is 3.00 bits per heavy atom. The molecule has 3 aromatic rings. The van der Waals surface area contributed by atoms with Crippen molar-refractivity contribution in [1.82, 2.24) is 15.3 Å². The van der Waals surface area contributed by atoms with Crippen LogP contribution in [0, 0.1) is 12.8 Å². The maximum Gasteiger partial charge on any atom is 0.225 e. The third kappa shape index (κ3) is 3.70. The molecule has 6 heteroatoms. The first-order chi connectivity index (χ1) is 12.7. The molecule has 1 fully saturated rings. The van der Waals surface area contributed by atoms with Gasteiger partial charge in [-0.1, -0.05) is 17.4 Å². The molecule has 1 aliphatic heterocycles. The van der Waals surface area contributed by atoms with Gasteiger partial charge in [-0.2, -0.15) is 0 Å². The molecule has 1 aliphatic rings. The van der Waals surface area contributed by atoms with E-state index in [0.29, 0.717) is 6.54 Å². The van der Waals surface area contributed by atoms with E-state index >= 15 is 0 Å². The molecule has 3 heterocycles. The van der Waals surface area contributed by atoms with E-state index in [-0.39, 0.29) is 11.8 Å².